The Bertz CT molecular complexity index is 1250. The summed E-state index contributed by atoms with van der Waals surface area (Å²) in [7, 11) is 0. The summed E-state index contributed by atoms with van der Waals surface area (Å²) in [5.74, 6) is -1.42. The van der Waals surface area contributed by atoms with E-state index in [1.807, 2.05) is 38.1 Å². The summed E-state index contributed by atoms with van der Waals surface area (Å²) in [4.78, 5) is 11.1. The van der Waals surface area contributed by atoms with Crippen LogP contribution in [0.5, 0.6) is 0 Å². The molecule has 3 rings (SSSR count). The molecule has 0 saturated carbocycles. The molecule has 0 amide bonds. The quantitative estimate of drug-likeness (QED) is 0.278. The number of carbonyl (C=O) groups is 1. The van der Waals surface area contributed by atoms with Crippen LogP contribution in [0.15, 0.2) is 66.7 Å². The standard InChI is InChI=1S/C33H39FO3/c1-6-32(37,7-2)17-16-25-10-15-29(18-23(25)5)33(8-3,9-4)28-13-11-26(12-14-28)27-19-24(21-31(35)36)20-30(34)22-27/h10-20,22,37H,6-9,21H2,1-5H3,(H,35,36). The van der Waals surface area contributed by atoms with Crippen molar-refractivity contribution in [3.05, 3.63) is 100 Å². The highest BCUT2D eigenvalue weighted by Crippen LogP contribution is 2.40. The molecule has 3 aromatic carbocycles. The Labute approximate surface area is 220 Å². The van der Waals surface area contributed by atoms with Gasteiger partial charge >= 0.3 is 5.97 Å². The number of aliphatic hydroxyl groups is 1. The van der Waals surface area contributed by atoms with Crippen LogP contribution in [0.1, 0.15) is 81.2 Å². The number of hydrogen-bond acceptors (Lipinski definition) is 2. The molecule has 0 fully saturated rings. The zero-order valence-electron chi connectivity index (χ0n) is 22.6. The van der Waals surface area contributed by atoms with Gasteiger partial charge < -0.3 is 10.2 Å². The molecule has 196 valence electrons. The van der Waals surface area contributed by atoms with Crippen molar-refractivity contribution in [1.29, 1.82) is 0 Å². The number of halogens is 1. The Morgan fingerprint density at radius 1 is 0.838 bits per heavy atom. The Kier molecular flexibility index (Phi) is 9.09. The van der Waals surface area contributed by atoms with Gasteiger partial charge in [0.25, 0.3) is 0 Å². The van der Waals surface area contributed by atoms with Crippen LogP contribution in [0, 0.1) is 12.7 Å². The lowest BCUT2D eigenvalue weighted by atomic mass is 9.70. The van der Waals surface area contributed by atoms with Gasteiger partial charge in [0, 0.05) is 5.41 Å². The van der Waals surface area contributed by atoms with E-state index in [0.29, 0.717) is 24.0 Å². The van der Waals surface area contributed by atoms with E-state index in [-0.39, 0.29) is 11.8 Å². The number of rotatable bonds is 11. The minimum absolute atomic E-state index is 0.171. The molecule has 0 unspecified atom stereocenters. The molecule has 0 aliphatic heterocycles. The van der Waals surface area contributed by atoms with Gasteiger partial charge in [-0.15, -0.1) is 0 Å². The topological polar surface area (TPSA) is 57.5 Å². The highest BCUT2D eigenvalue weighted by Gasteiger charge is 2.31. The first-order chi connectivity index (χ1) is 17.6. The Morgan fingerprint density at radius 3 is 2.00 bits per heavy atom. The van der Waals surface area contributed by atoms with Crippen molar-refractivity contribution in [2.45, 2.75) is 77.7 Å². The normalized spacial score (nSPS) is 12.3. The highest BCUT2D eigenvalue weighted by molar-refractivity contribution is 5.72. The Balaban J connectivity index is 1.96. The van der Waals surface area contributed by atoms with Crippen molar-refractivity contribution >= 4 is 12.0 Å². The summed E-state index contributed by atoms with van der Waals surface area (Å²) in [5.41, 5.74) is 5.73. The van der Waals surface area contributed by atoms with E-state index >= 15 is 0 Å². The molecule has 0 spiro atoms. The van der Waals surface area contributed by atoms with Crippen molar-refractivity contribution in [2.24, 2.45) is 0 Å². The first-order valence-electron chi connectivity index (χ1n) is 13.2. The minimum atomic E-state index is -0.981. The van der Waals surface area contributed by atoms with E-state index in [1.54, 1.807) is 6.07 Å². The van der Waals surface area contributed by atoms with Gasteiger partial charge in [0.1, 0.15) is 5.82 Å². The fourth-order valence-corrected chi connectivity index (χ4v) is 5.20. The van der Waals surface area contributed by atoms with E-state index in [0.717, 1.165) is 29.5 Å². The van der Waals surface area contributed by atoms with Gasteiger partial charge in [-0.2, -0.15) is 0 Å². The fourth-order valence-electron chi connectivity index (χ4n) is 5.20. The van der Waals surface area contributed by atoms with Crippen molar-refractivity contribution in [3.8, 4) is 11.1 Å². The number of aliphatic carboxylic acids is 1. The molecule has 4 heteroatoms. The zero-order valence-corrected chi connectivity index (χ0v) is 22.6. The summed E-state index contributed by atoms with van der Waals surface area (Å²) < 4.78 is 14.2. The lowest BCUT2D eigenvalue weighted by Crippen LogP contribution is -2.26. The largest absolute Gasteiger partial charge is 0.481 e. The van der Waals surface area contributed by atoms with Crippen LogP contribution in [-0.4, -0.2) is 21.8 Å². The lowest BCUT2D eigenvalue weighted by molar-refractivity contribution is -0.136. The summed E-state index contributed by atoms with van der Waals surface area (Å²) in [6.45, 7) is 10.5. The van der Waals surface area contributed by atoms with Gasteiger partial charge in [-0.3, -0.25) is 4.79 Å². The van der Waals surface area contributed by atoms with E-state index in [1.165, 1.54) is 23.3 Å². The molecular weight excluding hydrogens is 463 g/mol. The van der Waals surface area contributed by atoms with E-state index in [2.05, 4.69) is 51.1 Å². The second-order valence-corrected chi connectivity index (χ2v) is 10.0. The molecule has 0 saturated heterocycles. The Hall–Kier alpha value is -3.24. The van der Waals surface area contributed by atoms with Crippen LogP contribution in [0.2, 0.25) is 0 Å². The molecule has 37 heavy (non-hydrogen) atoms. The number of hydrogen-bond donors (Lipinski definition) is 2. The van der Waals surface area contributed by atoms with Crippen LogP contribution in [0.25, 0.3) is 17.2 Å². The predicted molar refractivity (Wildman–Crippen MR) is 150 cm³/mol. The van der Waals surface area contributed by atoms with E-state index in [9.17, 15) is 14.3 Å². The number of carboxylic acids is 1. The van der Waals surface area contributed by atoms with Gasteiger partial charge in [0.15, 0.2) is 0 Å². The third-order valence-electron chi connectivity index (χ3n) is 7.91. The summed E-state index contributed by atoms with van der Waals surface area (Å²) in [6.07, 6.45) is 6.93. The molecule has 3 nitrogen and oxygen atoms in total. The highest BCUT2D eigenvalue weighted by atomic mass is 19.1. The average molecular weight is 503 g/mol. The fraction of sp³-hybridized carbons (Fsp3) is 0.364. The molecule has 0 aliphatic carbocycles. The van der Waals surface area contributed by atoms with Crippen LogP contribution in [-0.2, 0) is 16.6 Å². The Morgan fingerprint density at radius 2 is 1.46 bits per heavy atom. The van der Waals surface area contributed by atoms with Crippen LogP contribution >= 0.6 is 0 Å². The molecule has 3 aromatic rings. The molecule has 0 aliphatic rings. The molecule has 2 N–H and O–H groups in total. The maximum Gasteiger partial charge on any atom is 0.307 e. The van der Waals surface area contributed by atoms with E-state index < -0.39 is 17.4 Å². The predicted octanol–water partition coefficient (Wildman–Crippen LogP) is 8.10. The maximum absolute atomic E-state index is 14.2. The van der Waals surface area contributed by atoms with E-state index in [4.69, 9.17) is 5.11 Å². The van der Waals surface area contributed by atoms with Gasteiger partial charge in [0.2, 0.25) is 0 Å². The number of aryl methyl sites for hydroxylation is 1. The lowest BCUT2D eigenvalue weighted by Gasteiger charge is -2.34. The van der Waals surface area contributed by atoms with Crippen molar-refractivity contribution in [1.82, 2.24) is 0 Å². The van der Waals surface area contributed by atoms with Crippen LogP contribution in [0.4, 0.5) is 4.39 Å². The maximum atomic E-state index is 14.2. The molecular formula is C33H39FO3. The van der Waals surface area contributed by atoms with Gasteiger partial charge in [-0.25, -0.2) is 4.39 Å². The van der Waals surface area contributed by atoms with Crippen LogP contribution in [0.3, 0.4) is 0 Å². The van der Waals surface area contributed by atoms with Gasteiger partial charge in [-0.1, -0.05) is 88.4 Å². The first-order valence-corrected chi connectivity index (χ1v) is 13.2. The average Bonchev–Trinajstić information content (AvgIpc) is 2.88. The molecule has 0 heterocycles. The summed E-state index contributed by atoms with van der Waals surface area (Å²) >= 11 is 0. The zero-order chi connectivity index (χ0) is 27.2. The number of carboxylic acid groups (broad SMARTS) is 1. The second kappa shape index (κ2) is 11.9. The minimum Gasteiger partial charge on any atom is -0.481 e. The third kappa shape index (κ3) is 6.37. The molecule has 0 bridgehead atoms. The SMILES string of the molecule is CCC(O)(C=Cc1ccc(C(CC)(CC)c2ccc(-c3cc(F)cc(CC(=O)O)c3)cc2)cc1C)CC. The summed E-state index contributed by atoms with van der Waals surface area (Å²) in [6, 6.07) is 19.2. The third-order valence-corrected chi connectivity index (χ3v) is 7.91. The smallest absolute Gasteiger partial charge is 0.307 e. The molecule has 0 radical (unpaired) electrons. The van der Waals surface area contributed by atoms with Crippen LogP contribution < -0.4 is 0 Å². The van der Waals surface area contributed by atoms with Crippen molar-refractivity contribution in [2.75, 3.05) is 0 Å². The van der Waals surface area contributed by atoms with Gasteiger partial charge in [-0.05, 0) is 83.7 Å². The second-order valence-electron chi connectivity index (χ2n) is 10.0. The first kappa shape index (κ1) is 28.3. The van der Waals surface area contributed by atoms with Crippen molar-refractivity contribution in [3.63, 3.8) is 0 Å². The van der Waals surface area contributed by atoms with Crippen molar-refractivity contribution < 1.29 is 19.4 Å². The number of benzene rings is 3. The monoisotopic (exact) mass is 502 g/mol. The molecule has 0 atom stereocenters. The van der Waals surface area contributed by atoms with Gasteiger partial charge in [0.05, 0.1) is 12.0 Å². The molecule has 0 aromatic heterocycles. The summed E-state index contributed by atoms with van der Waals surface area (Å²) in [5, 5.41) is 19.7.